The van der Waals surface area contributed by atoms with E-state index in [0.29, 0.717) is 23.3 Å². The van der Waals surface area contributed by atoms with E-state index in [1.165, 1.54) is 0 Å². The Morgan fingerprint density at radius 3 is 2.15 bits per heavy atom. The molecule has 27 heavy (non-hydrogen) atoms. The number of carbonyl (C=O) groups excluding carboxylic acids is 2. The number of carbonyl (C=O) groups is 3. The van der Waals surface area contributed by atoms with Gasteiger partial charge in [-0.3, -0.25) is 14.4 Å². The van der Waals surface area contributed by atoms with E-state index < -0.39 is 11.5 Å². The SMILES string of the molecule is CC(C)(CCC(=O)O)NC(=O)COc1ccc(C(=O)c2ccccc2)cc1. The molecule has 0 saturated carbocycles. The van der Waals surface area contributed by atoms with Crippen LogP contribution in [0.2, 0.25) is 0 Å². The summed E-state index contributed by atoms with van der Waals surface area (Å²) >= 11 is 0. The maximum atomic E-state index is 12.3. The Kier molecular flexibility index (Phi) is 6.71. The van der Waals surface area contributed by atoms with Crippen LogP contribution >= 0.6 is 0 Å². The predicted octanol–water partition coefficient (Wildman–Crippen LogP) is 3.06. The summed E-state index contributed by atoms with van der Waals surface area (Å²) in [6.45, 7) is 3.33. The number of carboxylic acids is 1. The van der Waals surface area contributed by atoms with E-state index in [4.69, 9.17) is 9.84 Å². The molecule has 142 valence electrons. The zero-order valence-corrected chi connectivity index (χ0v) is 15.4. The van der Waals surface area contributed by atoms with Gasteiger partial charge >= 0.3 is 5.97 Å². The van der Waals surface area contributed by atoms with Gasteiger partial charge in [-0.2, -0.15) is 0 Å². The summed E-state index contributed by atoms with van der Waals surface area (Å²) in [5, 5.41) is 11.5. The van der Waals surface area contributed by atoms with Crippen molar-refractivity contribution in [2.24, 2.45) is 0 Å². The van der Waals surface area contributed by atoms with E-state index in [2.05, 4.69) is 5.32 Å². The van der Waals surface area contributed by atoms with Gasteiger partial charge in [0.25, 0.3) is 5.91 Å². The zero-order chi connectivity index (χ0) is 19.9. The molecule has 0 radical (unpaired) electrons. The fourth-order valence-electron chi connectivity index (χ4n) is 2.50. The van der Waals surface area contributed by atoms with Crippen LogP contribution in [0, 0.1) is 0 Å². The van der Waals surface area contributed by atoms with E-state index in [-0.39, 0.29) is 24.7 Å². The maximum absolute atomic E-state index is 12.3. The number of nitrogens with one attached hydrogen (secondary N) is 1. The van der Waals surface area contributed by atoms with Crippen molar-refractivity contribution >= 4 is 17.7 Å². The molecule has 2 aromatic carbocycles. The molecular formula is C21H23NO5. The summed E-state index contributed by atoms with van der Waals surface area (Å²) in [4.78, 5) is 35.0. The third-order valence-electron chi connectivity index (χ3n) is 3.96. The minimum Gasteiger partial charge on any atom is -0.484 e. The molecule has 0 aliphatic heterocycles. The highest BCUT2D eigenvalue weighted by Gasteiger charge is 2.21. The largest absolute Gasteiger partial charge is 0.484 e. The first-order valence-electron chi connectivity index (χ1n) is 8.62. The van der Waals surface area contributed by atoms with Gasteiger partial charge in [0.2, 0.25) is 0 Å². The Hall–Kier alpha value is -3.15. The van der Waals surface area contributed by atoms with E-state index in [1.54, 1.807) is 62.4 Å². The zero-order valence-electron chi connectivity index (χ0n) is 15.4. The molecule has 2 N–H and O–H groups in total. The van der Waals surface area contributed by atoms with Crippen LogP contribution in [0.15, 0.2) is 54.6 Å². The van der Waals surface area contributed by atoms with Crippen molar-refractivity contribution in [3.05, 3.63) is 65.7 Å². The second-order valence-corrected chi connectivity index (χ2v) is 6.83. The summed E-state index contributed by atoms with van der Waals surface area (Å²) in [5.74, 6) is -0.855. The molecule has 2 aromatic rings. The minimum atomic E-state index is -0.904. The fraction of sp³-hybridized carbons (Fsp3) is 0.286. The number of ketones is 1. The fourth-order valence-corrected chi connectivity index (χ4v) is 2.50. The molecule has 6 heteroatoms. The normalized spacial score (nSPS) is 10.9. The molecule has 0 heterocycles. The van der Waals surface area contributed by atoms with E-state index in [0.717, 1.165) is 0 Å². The lowest BCUT2D eigenvalue weighted by atomic mass is 9.98. The van der Waals surface area contributed by atoms with Gasteiger partial charge in [0.05, 0.1) is 0 Å². The van der Waals surface area contributed by atoms with Crippen molar-refractivity contribution in [3.8, 4) is 5.75 Å². The van der Waals surface area contributed by atoms with Gasteiger partial charge in [-0.05, 0) is 44.5 Å². The van der Waals surface area contributed by atoms with Crippen molar-refractivity contribution in [1.29, 1.82) is 0 Å². The summed E-state index contributed by atoms with van der Waals surface area (Å²) in [7, 11) is 0. The Bertz CT molecular complexity index is 797. The summed E-state index contributed by atoms with van der Waals surface area (Å²) in [6, 6.07) is 15.5. The molecule has 0 bridgehead atoms. The topological polar surface area (TPSA) is 92.7 Å². The molecule has 2 rings (SSSR count). The number of carboxylic acid groups (broad SMARTS) is 1. The molecule has 0 atom stereocenters. The Morgan fingerprint density at radius 1 is 0.963 bits per heavy atom. The highest BCUT2D eigenvalue weighted by atomic mass is 16.5. The highest BCUT2D eigenvalue weighted by Crippen LogP contribution is 2.16. The van der Waals surface area contributed by atoms with Crippen molar-refractivity contribution in [2.45, 2.75) is 32.2 Å². The third kappa shape index (κ3) is 6.58. The lowest BCUT2D eigenvalue weighted by Gasteiger charge is -2.25. The second-order valence-electron chi connectivity index (χ2n) is 6.83. The third-order valence-corrected chi connectivity index (χ3v) is 3.96. The molecule has 0 aliphatic carbocycles. The van der Waals surface area contributed by atoms with Crippen LogP contribution in [0.4, 0.5) is 0 Å². The molecule has 6 nitrogen and oxygen atoms in total. The molecule has 0 aliphatic rings. The summed E-state index contributed by atoms with van der Waals surface area (Å²) in [5.41, 5.74) is 0.507. The lowest BCUT2D eigenvalue weighted by molar-refractivity contribution is -0.138. The Labute approximate surface area is 158 Å². The van der Waals surface area contributed by atoms with E-state index in [1.807, 2.05) is 6.07 Å². The van der Waals surface area contributed by atoms with Crippen molar-refractivity contribution in [3.63, 3.8) is 0 Å². The van der Waals surface area contributed by atoms with Gasteiger partial charge < -0.3 is 15.2 Å². The number of rotatable bonds is 9. The monoisotopic (exact) mass is 369 g/mol. The van der Waals surface area contributed by atoms with Gasteiger partial charge in [-0.25, -0.2) is 0 Å². The molecule has 0 spiro atoms. The average molecular weight is 369 g/mol. The molecule has 0 aromatic heterocycles. The first-order chi connectivity index (χ1) is 12.8. The van der Waals surface area contributed by atoms with Crippen LogP contribution in [-0.4, -0.2) is 34.9 Å². The van der Waals surface area contributed by atoms with Crippen LogP contribution in [-0.2, 0) is 9.59 Å². The Balaban J connectivity index is 1.87. The number of hydrogen-bond donors (Lipinski definition) is 2. The van der Waals surface area contributed by atoms with Gasteiger partial charge in [0.1, 0.15) is 5.75 Å². The van der Waals surface area contributed by atoms with Gasteiger partial charge in [-0.15, -0.1) is 0 Å². The number of benzene rings is 2. The second kappa shape index (κ2) is 8.98. The highest BCUT2D eigenvalue weighted by molar-refractivity contribution is 6.08. The molecule has 0 unspecified atom stereocenters. The quantitative estimate of drug-likeness (QED) is 0.663. The summed E-state index contributed by atoms with van der Waals surface area (Å²) in [6.07, 6.45) is 0.301. The molecule has 1 amide bonds. The van der Waals surface area contributed by atoms with Gasteiger partial charge in [0.15, 0.2) is 12.4 Å². The average Bonchev–Trinajstić information content (AvgIpc) is 2.65. The first-order valence-corrected chi connectivity index (χ1v) is 8.62. The molecule has 0 saturated heterocycles. The standard InChI is InChI=1S/C21H23NO5/c1-21(2,13-12-19(24)25)22-18(23)14-27-17-10-8-16(9-11-17)20(26)15-6-4-3-5-7-15/h3-11H,12-14H2,1-2H3,(H,22,23)(H,24,25). The number of ether oxygens (including phenoxy) is 1. The van der Waals surface area contributed by atoms with Gasteiger partial charge in [-0.1, -0.05) is 30.3 Å². The van der Waals surface area contributed by atoms with E-state index in [9.17, 15) is 14.4 Å². The maximum Gasteiger partial charge on any atom is 0.303 e. The molecular weight excluding hydrogens is 346 g/mol. The lowest BCUT2D eigenvalue weighted by Crippen LogP contribution is -2.45. The molecule has 0 fully saturated rings. The van der Waals surface area contributed by atoms with Crippen LogP contribution < -0.4 is 10.1 Å². The summed E-state index contributed by atoms with van der Waals surface area (Å²) < 4.78 is 5.44. The van der Waals surface area contributed by atoms with Crippen molar-refractivity contribution in [1.82, 2.24) is 5.32 Å². The minimum absolute atomic E-state index is 0.0228. The number of hydrogen-bond acceptors (Lipinski definition) is 4. The Morgan fingerprint density at radius 2 is 1.56 bits per heavy atom. The number of amides is 1. The van der Waals surface area contributed by atoms with Crippen LogP contribution in [0.1, 0.15) is 42.6 Å². The van der Waals surface area contributed by atoms with Crippen molar-refractivity contribution < 1.29 is 24.2 Å². The van der Waals surface area contributed by atoms with Crippen LogP contribution in [0.3, 0.4) is 0 Å². The van der Waals surface area contributed by atoms with Crippen LogP contribution in [0.5, 0.6) is 5.75 Å². The van der Waals surface area contributed by atoms with Gasteiger partial charge in [0, 0.05) is 23.1 Å². The van der Waals surface area contributed by atoms with Crippen LogP contribution in [0.25, 0.3) is 0 Å². The first kappa shape index (κ1) is 20.2. The smallest absolute Gasteiger partial charge is 0.303 e. The number of aliphatic carboxylic acids is 1. The van der Waals surface area contributed by atoms with E-state index >= 15 is 0 Å². The van der Waals surface area contributed by atoms with Crippen molar-refractivity contribution in [2.75, 3.05) is 6.61 Å². The predicted molar refractivity (Wildman–Crippen MR) is 101 cm³/mol.